The summed E-state index contributed by atoms with van der Waals surface area (Å²) in [6.45, 7) is 0. The average molecular weight is 304 g/mol. The normalized spacial score (nSPS) is 9.90. The summed E-state index contributed by atoms with van der Waals surface area (Å²) in [4.78, 5) is 10.3. The zero-order chi connectivity index (χ0) is 15.4. The topological polar surface area (TPSA) is 116 Å². The van der Waals surface area contributed by atoms with Crippen molar-refractivity contribution in [3.05, 3.63) is 52.6 Å². The summed E-state index contributed by atoms with van der Waals surface area (Å²) in [6.07, 6.45) is 0. The number of nitro benzene ring substituents is 1. The van der Waals surface area contributed by atoms with Gasteiger partial charge in [-0.2, -0.15) is 0 Å². The van der Waals surface area contributed by atoms with E-state index in [2.05, 4.69) is 5.32 Å². The fraction of sp³-hybridized carbons (Fsp3) is 0. The highest BCUT2D eigenvalue weighted by molar-refractivity contribution is 7.80. The Hall–Kier alpha value is -2.87. The average Bonchev–Trinajstić information content (AvgIpc) is 2.42. The maximum absolute atomic E-state index is 10.8. The van der Waals surface area contributed by atoms with Crippen molar-refractivity contribution in [2.45, 2.75) is 0 Å². The summed E-state index contributed by atoms with van der Waals surface area (Å²) < 4.78 is 5.62. The van der Waals surface area contributed by atoms with Crippen molar-refractivity contribution in [2.75, 3.05) is 11.1 Å². The van der Waals surface area contributed by atoms with Crippen LogP contribution in [0.5, 0.6) is 11.5 Å². The van der Waals surface area contributed by atoms with E-state index in [4.69, 9.17) is 28.4 Å². The Bertz CT molecular complexity index is 706. The highest BCUT2D eigenvalue weighted by Gasteiger charge is 2.12. The predicted octanol–water partition coefficient (Wildman–Crippen LogP) is 2.62. The zero-order valence-electron chi connectivity index (χ0n) is 10.8. The van der Waals surface area contributed by atoms with Crippen LogP contribution in [0.4, 0.5) is 17.1 Å². The van der Waals surface area contributed by atoms with Crippen LogP contribution in [-0.2, 0) is 0 Å². The van der Waals surface area contributed by atoms with Crippen molar-refractivity contribution < 1.29 is 9.66 Å². The third-order valence-electron chi connectivity index (χ3n) is 2.57. The first-order chi connectivity index (χ1) is 9.97. The molecule has 2 aromatic rings. The van der Waals surface area contributed by atoms with Crippen LogP contribution in [-0.4, -0.2) is 10.0 Å². The molecular formula is C13H12N4O3S. The third kappa shape index (κ3) is 3.57. The number of para-hydroxylation sites is 2. The standard InChI is InChI=1S/C13H12N4O3S/c14-9-6-5-8(17(18)19)7-12(9)20-11-4-2-1-3-10(11)16-13(15)21/h1-7H,14H2,(H3,15,16,21). The molecule has 8 heteroatoms. The predicted molar refractivity (Wildman–Crippen MR) is 84.4 cm³/mol. The number of rotatable bonds is 4. The van der Waals surface area contributed by atoms with E-state index in [1.165, 1.54) is 18.2 Å². The van der Waals surface area contributed by atoms with Gasteiger partial charge in [-0.05, 0) is 30.4 Å². The maximum atomic E-state index is 10.8. The minimum atomic E-state index is -0.522. The van der Waals surface area contributed by atoms with E-state index in [0.717, 1.165) is 0 Å². The number of nitro groups is 1. The van der Waals surface area contributed by atoms with Crippen molar-refractivity contribution in [3.8, 4) is 11.5 Å². The van der Waals surface area contributed by atoms with Gasteiger partial charge in [0.15, 0.2) is 16.6 Å². The molecule has 108 valence electrons. The van der Waals surface area contributed by atoms with Gasteiger partial charge in [-0.1, -0.05) is 12.1 Å². The van der Waals surface area contributed by atoms with E-state index in [1.807, 2.05) is 0 Å². The fourth-order valence-corrected chi connectivity index (χ4v) is 1.75. The number of benzene rings is 2. The second-order valence-corrected chi connectivity index (χ2v) is 4.51. The number of non-ortho nitro benzene ring substituents is 1. The number of nitrogens with zero attached hydrogens (tertiary/aromatic N) is 1. The van der Waals surface area contributed by atoms with Crippen molar-refractivity contribution >= 4 is 34.4 Å². The molecule has 0 amide bonds. The third-order valence-corrected chi connectivity index (χ3v) is 2.67. The Morgan fingerprint density at radius 3 is 2.62 bits per heavy atom. The number of anilines is 2. The van der Waals surface area contributed by atoms with Gasteiger partial charge in [0, 0.05) is 6.07 Å². The number of nitrogen functional groups attached to an aromatic ring is 1. The molecule has 0 bridgehead atoms. The van der Waals surface area contributed by atoms with Gasteiger partial charge in [0.25, 0.3) is 5.69 Å². The lowest BCUT2D eigenvalue weighted by Gasteiger charge is -2.13. The van der Waals surface area contributed by atoms with Gasteiger partial charge in [-0.3, -0.25) is 10.1 Å². The molecular weight excluding hydrogens is 292 g/mol. The summed E-state index contributed by atoms with van der Waals surface area (Å²) >= 11 is 4.78. The van der Waals surface area contributed by atoms with Gasteiger partial charge >= 0.3 is 0 Å². The molecule has 0 aliphatic carbocycles. The van der Waals surface area contributed by atoms with Crippen molar-refractivity contribution in [3.63, 3.8) is 0 Å². The molecule has 0 aromatic heterocycles. The lowest BCUT2D eigenvalue weighted by atomic mass is 10.2. The summed E-state index contributed by atoms with van der Waals surface area (Å²) in [5.74, 6) is 0.582. The lowest BCUT2D eigenvalue weighted by molar-refractivity contribution is -0.384. The smallest absolute Gasteiger partial charge is 0.273 e. The van der Waals surface area contributed by atoms with E-state index in [0.29, 0.717) is 11.4 Å². The number of ether oxygens (including phenoxy) is 1. The fourth-order valence-electron chi connectivity index (χ4n) is 1.64. The minimum absolute atomic E-state index is 0.0815. The molecule has 0 aliphatic rings. The number of nitrogens with one attached hydrogen (secondary N) is 1. The van der Waals surface area contributed by atoms with Gasteiger partial charge in [-0.15, -0.1) is 0 Å². The second-order valence-electron chi connectivity index (χ2n) is 4.07. The maximum Gasteiger partial charge on any atom is 0.273 e. The highest BCUT2D eigenvalue weighted by Crippen LogP contribution is 2.34. The van der Waals surface area contributed by atoms with Gasteiger partial charge in [-0.25, -0.2) is 0 Å². The van der Waals surface area contributed by atoms with Crippen LogP contribution in [0.2, 0.25) is 0 Å². The van der Waals surface area contributed by atoms with Crippen LogP contribution in [0.15, 0.2) is 42.5 Å². The molecule has 0 spiro atoms. The SMILES string of the molecule is NC(=S)Nc1ccccc1Oc1cc([N+](=O)[O-])ccc1N. The molecule has 0 fully saturated rings. The lowest BCUT2D eigenvalue weighted by Crippen LogP contribution is -2.19. The molecule has 0 saturated carbocycles. The van der Waals surface area contributed by atoms with Crippen molar-refractivity contribution in [1.29, 1.82) is 0 Å². The Morgan fingerprint density at radius 1 is 1.24 bits per heavy atom. The summed E-state index contributed by atoms with van der Waals surface area (Å²) in [5, 5.41) is 13.6. The molecule has 0 unspecified atom stereocenters. The monoisotopic (exact) mass is 304 g/mol. The van der Waals surface area contributed by atoms with Crippen LogP contribution < -0.4 is 21.5 Å². The Balaban J connectivity index is 2.36. The molecule has 0 saturated heterocycles. The molecule has 0 heterocycles. The summed E-state index contributed by atoms with van der Waals surface area (Å²) in [5.41, 5.74) is 11.9. The van der Waals surface area contributed by atoms with E-state index < -0.39 is 4.92 Å². The van der Waals surface area contributed by atoms with Crippen molar-refractivity contribution in [2.24, 2.45) is 5.73 Å². The first-order valence-electron chi connectivity index (χ1n) is 5.84. The molecule has 0 atom stereocenters. The molecule has 0 aliphatic heterocycles. The summed E-state index contributed by atoms with van der Waals surface area (Å²) in [6, 6.07) is 10.9. The van der Waals surface area contributed by atoms with Gasteiger partial charge < -0.3 is 21.5 Å². The highest BCUT2D eigenvalue weighted by atomic mass is 32.1. The number of hydrogen-bond acceptors (Lipinski definition) is 5. The minimum Gasteiger partial charge on any atom is -0.453 e. The number of hydrogen-bond donors (Lipinski definition) is 3. The van der Waals surface area contributed by atoms with E-state index in [9.17, 15) is 10.1 Å². The van der Waals surface area contributed by atoms with Gasteiger partial charge in [0.2, 0.25) is 0 Å². The van der Waals surface area contributed by atoms with Crippen LogP contribution >= 0.6 is 12.2 Å². The second kappa shape index (κ2) is 6.06. The molecule has 0 radical (unpaired) electrons. The van der Waals surface area contributed by atoms with E-state index in [1.54, 1.807) is 24.3 Å². The quantitative estimate of drug-likeness (QED) is 0.344. The van der Waals surface area contributed by atoms with E-state index in [-0.39, 0.29) is 22.2 Å². The first kappa shape index (κ1) is 14.5. The Kier molecular flexibility index (Phi) is 4.19. The molecule has 7 nitrogen and oxygen atoms in total. The van der Waals surface area contributed by atoms with Crippen LogP contribution in [0.1, 0.15) is 0 Å². The molecule has 21 heavy (non-hydrogen) atoms. The molecule has 5 N–H and O–H groups in total. The Morgan fingerprint density at radius 2 is 1.95 bits per heavy atom. The van der Waals surface area contributed by atoms with Gasteiger partial charge in [0.05, 0.1) is 22.4 Å². The van der Waals surface area contributed by atoms with E-state index >= 15 is 0 Å². The molecule has 2 rings (SSSR count). The van der Waals surface area contributed by atoms with Crippen LogP contribution in [0.3, 0.4) is 0 Å². The molecule has 2 aromatic carbocycles. The summed E-state index contributed by atoms with van der Waals surface area (Å²) in [7, 11) is 0. The number of nitrogens with two attached hydrogens (primary N) is 2. The first-order valence-corrected chi connectivity index (χ1v) is 6.25. The largest absolute Gasteiger partial charge is 0.453 e. The van der Waals surface area contributed by atoms with Crippen molar-refractivity contribution in [1.82, 2.24) is 0 Å². The van der Waals surface area contributed by atoms with Gasteiger partial charge in [0.1, 0.15) is 0 Å². The zero-order valence-corrected chi connectivity index (χ0v) is 11.6. The number of thiocarbonyl (C=S) groups is 1. The Labute approximate surface area is 125 Å². The van der Waals surface area contributed by atoms with Crippen LogP contribution in [0.25, 0.3) is 0 Å². The van der Waals surface area contributed by atoms with Crippen LogP contribution in [0, 0.1) is 10.1 Å².